The molecule has 0 radical (unpaired) electrons. The molecule has 0 aliphatic heterocycles. The summed E-state index contributed by atoms with van der Waals surface area (Å²) in [6.07, 6.45) is 0.687. The fourth-order valence-electron chi connectivity index (χ4n) is 1.95. The Labute approximate surface area is 121 Å². The van der Waals surface area contributed by atoms with E-state index in [0.29, 0.717) is 25.4 Å². The standard InChI is InChI=1S/C13H18N4O2S/c1-4-10-16-11(13(18)19-5-2)12(14)17(10)6-9-7-20-8(3)15-9/h7H,4-6,14H2,1-3H3. The Balaban J connectivity index is 2.34. The summed E-state index contributed by atoms with van der Waals surface area (Å²) in [5.74, 6) is 0.620. The molecule has 0 atom stereocenters. The summed E-state index contributed by atoms with van der Waals surface area (Å²) in [6, 6.07) is 0. The molecular formula is C13H18N4O2S. The number of esters is 1. The first kappa shape index (κ1) is 14.5. The van der Waals surface area contributed by atoms with Crippen LogP contribution in [0.4, 0.5) is 5.82 Å². The third kappa shape index (κ3) is 2.82. The molecule has 20 heavy (non-hydrogen) atoms. The monoisotopic (exact) mass is 294 g/mol. The van der Waals surface area contributed by atoms with Gasteiger partial charge in [-0.25, -0.2) is 14.8 Å². The van der Waals surface area contributed by atoms with Crippen LogP contribution in [0.3, 0.4) is 0 Å². The van der Waals surface area contributed by atoms with Gasteiger partial charge in [-0.1, -0.05) is 6.92 Å². The number of rotatable bonds is 5. The molecule has 0 fully saturated rings. The fraction of sp³-hybridized carbons (Fsp3) is 0.462. The maximum Gasteiger partial charge on any atom is 0.360 e. The number of aromatic nitrogens is 3. The Bertz CT molecular complexity index is 618. The number of carbonyl (C=O) groups is 1. The molecule has 108 valence electrons. The smallest absolute Gasteiger partial charge is 0.360 e. The maximum absolute atomic E-state index is 11.8. The van der Waals surface area contributed by atoms with Gasteiger partial charge in [-0.2, -0.15) is 0 Å². The molecule has 0 aliphatic carbocycles. The highest BCUT2D eigenvalue weighted by molar-refractivity contribution is 7.09. The van der Waals surface area contributed by atoms with Gasteiger partial charge >= 0.3 is 5.97 Å². The predicted molar refractivity (Wildman–Crippen MR) is 77.9 cm³/mol. The molecule has 0 aromatic carbocycles. The molecule has 0 saturated heterocycles. The van der Waals surface area contributed by atoms with Crippen molar-refractivity contribution < 1.29 is 9.53 Å². The summed E-state index contributed by atoms with van der Waals surface area (Å²) in [7, 11) is 0. The molecule has 2 aromatic heterocycles. The lowest BCUT2D eigenvalue weighted by molar-refractivity contribution is 0.0521. The Morgan fingerprint density at radius 1 is 1.45 bits per heavy atom. The number of carbonyl (C=O) groups excluding carboxylic acids is 1. The molecule has 7 heteroatoms. The van der Waals surface area contributed by atoms with E-state index in [1.165, 1.54) is 0 Å². The maximum atomic E-state index is 11.8. The SMILES string of the molecule is CCOC(=O)c1nc(CC)n(Cc2csc(C)n2)c1N. The summed E-state index contributed by atoms with van der Waals surface area (Å²) in [4.78, 5) is 20.5. The summed E-state index contributed by atoms with van der Waals surface area (Å²) in [5.41, 5.74) is 7.15. The van der Waals surface area contributed by atoms with E-state index in [2.05, 4.69) is 9.97 Å². The molecule has 0 spiro atoms. The van der Waals surface area contributed by atoms with Crippen LogP contribution in [0.5, 0.6) is 0 Å². The molecular weight excluding hydrogens is 276 g/mol. The second-order valence-electron chi connectivity index (χ2n) is 4.28. The van der Waals surface area contributed by atoms with E-state index < -0.39 is 5.97 Å². The molecule has 0 bridgehead atoms. The Morgan fingerprint density at radius 2 is 2.20 bits per heavy atom. The van der Waals surface area contributed by atoms with E-state index in [9.17, 15) is 4.79 Å². The first-order valence-corrected chi connectivity index (χ1v) is 7.37. The van der Waals surface area contributed by atoms with Gasteiger partial charge in [0.25, 0.3) is 0 Å². The Morgan fingerprint density at radius 3 is 2.75 bits per heavy atom. The molecule has 2 rings (SSSR count). The minimum Gasteiger partial charge on any atom is -0.461 e. The molecule has 2 heterocycles. The van der Waals surface area contributed by atoms with Gasteiger partial charge < -0.3 is 15.0 Å². The van der Waals surface area contributed by atoms with Crippen LogP contribution in [0, 0.1) is 6.92 Å². The molecule has 0 aliphatic rings. The molecule has 2 aromatic rings. The van der Waals surface area contributed by atoms with Crippen molar-refractivity contribution in [3.8, 4) is 0 Å². The lowest BCUT2D eigenvalue weighted by atomic mass is 10.4. The normalized spacial score (nSPS) is 10.8. The molecule has 0 unspecified atom stereocenters. The van der Waals surface area contributed by atoms with Crippen molar-refractivity contribution >= 4 is 23.1 Å². The van der Waals surface area contributed by atoms with Gasteiger partial charge in [-0.05, 0) is 13.8 Å². The van der Waals surface area contributed by atoms with Crippen molar-refractivity contribution in [1.82, 2.24) is 14.5 Å². The van der Waals surface area contributed by atoms with Gasteiger partial charge in [0.2, 0.25) is 0 Å². The number of aryl methyl sites for hydroxylation is 2. The van der Waals surface area contributed by atoms with Gasteiger partial charge in [0.05, 0.1) is 23.9 Å². The summed E-state index contributed by atoms with van der Waals surface area (Å²) in [6.45, 7) is 6.50. The van der Waals surface area contributed by atoms with Crippen molar-refractivity contribution in [2.24, 2.45) is 0 Å². The fourth-order valence-corrected chi connectivity index (χ4v) is 2.56. The number of nitrogens with two attached hydrogens (primary N) is 1. The summed E-state index contributed by atoms with van der Waals surface area (Å²) < 4.78 is 6.79. The highest BCUT2D eigenvalue weighted by Gasteiger charge is 2.21. The molecule has 0 saturated carbocycles. The quantitative estimate of drug-likeness (QED) is 0.853. The van der Waals surface area contributed by atoms with Gasteiger partial charge in [-0.3, -0.25) is 0 Å². The topological polar surface area (TPSA) is 83.0 Å². The second kappa shape index (κ2) is 6.04. The van der Waals surface area contributed by atoms with Gasteiger partial charge in [0.1, 0.15) is 11.6 Å². The first-order chi connectivity index (χ1) is 9.56. The van der Waals surface area contributed by atoms with Crippen molar-refractivity contribution in [2.45, 2.75) is 33.7 Å². The highest BCUT2D eigenvalue weighted by Crippen LogP contribution is 2.19. The van der Waals surface area contributed by atoms with Crippen molar-refractivity contribution in [3.63, 3.8) is 0 Å². The number of nitrogens with zero attached hydrogens (tertiary/aromatic N) is 3. The third-order valence-electron chi connectivity index (χ3n) is 2.86. The zero-order chi connectivity index (χ0) is 14.7. The summed E-state index contributed by atoms with van der Waals surface area (Å²) in [5, 5.41) is 2.99. The van der Waals surface area contributed by atoms with Crippen LogP contribution < -0.4 is 5.73 Å². The number of imidazole rings is 1. The third-order valence-corrected chi connectivity index (χ3v) is 3.68. The van der Waals surface area contributed by atoms with Gasteiger partial charge in [0.15, 0.2) is 5.69 Å². The van der Waals surface area contributed by atoms with E-state index in [1.807, 2.05) is 23.8 Å². The largest absolute Gasteiger partial charge is 0.461 e. The average Bonchev–Trinajstić information content (AvgIpc) is 2.96. The van der Waals surface area contributed by atoms with Crippen LogP contribution in [0.1, 0.15) is 40.9 Å². The molecule has 0 amide bonds. The van der Waals surface area contributed by atoms with E-state index in [1.54, 1.807) is 18.3 Å². The Kier molecular flexibility index (Phi) is 4.39. The first-order valence-electron chi connectivity index (χ1n) is 6.49. The van der Waals surface area contributed by atoms with Crippen LogP contribution in [0.15, 0.2) is 5.38 Å². The summed E-state index contributed by atoms with van der Waals surface area (Å²) >= 11 is 1.59. The lowest BCUT2D eigenvalue weighted by Gasteiger charge is -2.06. The number of hydrogen-bond donors (Lipinski definition) is 1. The van der Waals surface area contributed by atoms with Crippen LogP contribution >= 0.6 is 11.3 Å². The van der Waals surface area contributed by atoms with Crippen LogP contribution in [0.2, 0.25) is 0 Å². The zero-order valence-corrected chi connectivity index (χ0v) is 12.7. The van der Waals surface area contributed by atoms with E-state index >= 15 is 0 Å². The van der Waals surface area contributed by atoms with Crippen molar-refractivity contribution in [2.75, 3.05) is 12.3 Å². The van der Waals surface area contributed by atoms with Crippen LogP contribution in [0.25, 0.3) is 0 Å². The van der Waals surface area contributed by atoms with Crippen molar-refractivity contribution in [3.05, 3.63) is 27.6 Å². The van der Waals surface area contributed by atoms with Crippen LogP contribution in [-0.2, 0) is 17.7 Å². The minimum absolute atomic E-state index is 0.190. The van der Waals surface area contributed by atoms with Crippen molar-refractivity contribution in [1.29, 1.82) is 0 Å². The molecule has 6 nitrogen and oxygen atoms in total. The Hall–Kier alpha value is -1.89. The number of hydrogen-bond acceptors (Lipinski definition) is 6. The average molecular weight is 294 g/mol. The van der Waals surface area contributed by atoms with Gasteiger partial charge in [0, 0.05) is 11.8 Å². The van der Waals surface area contributed by atoms with Gasteiger partial charge in [-0.15, -0.1) is 11.3 Å². The number of thiazole rings is 1. The predicted octanol–water partition coefficient (Wildman–Crippen LogP) is 2.02. The molecule has 2 N–H and O–H groups in total. The zero-order valence-electron chi connectivity index (χ0n) is 11.8. The second-order valence-corrected chi connectivity index (χ2v) is 5.34. The number of nitrogen functional groups attached to an aromatic ring is 1. The van der Waals surface area contributed by atoms with E-state index in [4.69, 9.17) is 10.5 Å². The lowest BCUT2D eigenvalue weighted by Crippen LogP contribution is -2.11. The number of anilines is 1. The van der Waals surface area contributed by atoms with Crippen LogP contribution in [-0.4, -0.2) is 27.1 Å². The van der Waals surface area contributed by atoms with E-state index in [-0.39, 0.29) is 5.69 Å². The highest BCUT2D eigenvalue weighted by atomic mass is 32.1. The number of ether oxygens (including phenoxy) is 1. The van der Waals surface area contributed by atoms with E-state index in [0.717, 1.165) is 16.5 Å². The minimum atomic E-state index is -0.479.